The lowest BCUT2D eigenvalue weighted by Crippen LogP contribution is -2.04. The zero-order valence-corrected chi connectivity index (χ0v) is 12.1. The van der Waals surface area contributed by atoms with Crippen molar-refractivity contribution in [2.24, 2.45) is 0 Å². The molecule has 1 heterocycles. The molecule has 100 valence electrons. The first kappa shape index (κ1) is 13.7. The number of hydrogen-bond donors (Lipinski definition) is 2. The van der Waals surface area contributed by atoms with Gasteiger partial charge in [-0.05, 0) is 48.0 Å². The van der Waals surface area contributed by atoms with Crippen LogP contribution in [0.3, 0.4) is 0 Å². The molecular weight excluding hydrogens is 313 g/mol. The molecule has 1 aromatic carbocycles. The summed E-state index contributed by atoms with van der Waals surface area (Å²) in [6.07, 6.45) is 0. The SMILES string of the molecule is CCNc1nc(-c2ccc(O)c(F)c2)nc(C)c1Br. The topological polar surface area (TPSA) is 58.0 Å². The molecule has 4 nitrogen and oxygen atoms in total. The molecule has 0 fully saturated rings. The first-order valence-corrected chi connectivity index (χ1v) is 6.59. The Morgan fingerprint density at radius 2 is 2.11 bits per heavy atom. The van der Waals surface area contributed by atoms with Gasteiger partial charge in [0.1, 0.15) is 5.82 Å². The Hall–Kier alpha value is -1.69. The van der Waals surface area contributed by atoms with Gasteiger partial charge in [0, 0.05) is 12.1 Å². The largest absolute Gasteiger partial charge is 0.505 e. The molecule has 0 saturated heterocycles. The number of nitrogens with zero attached hydrogens (tertiary/aromatic N) is 2. The number of phenolic OH excluding ortho intramolecular Hbond substituents is 1. The zero-order valence-electron chi connectivity index (χ0n) is 10.5. The molecule has 0 aliphatic rings. The molecule has 2 aromatic rings. The summed E-state index contributed by atoms with van der Waals surface area (Å²) in [7, 11) is 0. The molecule has 0 amide bonds. The van der Waals surface area contributed by atoms with Gasteiger partial charge in [-0.3, -0.25) is 0 Å². The molecule has 0 unspecified atom stereocenters. The van der Waals surface area contributed by atoms with Gasteiger partial charge in [0.2, 0.25) is 0 Å². The molecule has 1 aromatic heterocycles. The highest BCUT2D eigenvalue weighted by molar-refractivity contribution is 9.10. The van der Waals surface area contributed by atoms with Gasteiger partial charge in [0.05, 0.1) is 10.2 Å². The molecular formula is C13H13BrFN3O. The predicted octanol–water partition coefficient (Wildman–Crippen LogP) is 3.49. The van der Waals surface area contributed by atoms with Gasteiger partial charge in [-0.25, -0.2) is 14.4 Å². The lowest BCUT2D eigenvalue weighted by molar-refractivity contribution is 0.432. The number of nitrogens with one attached hydrogen (secondary N) is 1. The molecule has 2 N–H and O–H groups in total. The van der Waals surface area contributed by atoms with E-state index < -0.39 is 5.82 Å². The van der Waals surface area contributed by atoms with Gasteiger partial charge in [0.15, 0.2) is 17.4 Å². The van der Waals surface area contributed by atoms with Crippen LogP contribution in [-0.2, 0) is 0 Å². The second-order valence-corrected chi connectivity index (χ2v) is 4.78. The highest BCUT2D eigenvalue weighted by Crippen LogP contribution is 2.28. The van der Waals surface area contributed by atoms with E-state index in [1.165, 1.54) is 12.1 Å². The van der Waals surface area contributed by atoms with Crippen molar-refractivity contribution < 1.29 is 9.50 Å². The average Bonchev–Trinajstić information content (AvgIpc) is 2.38. The van der Waals surface area contributed by atoms with Crippen molar-refractivity contribution in [1.82, 2.24) is 9.97 Å². The van der Waals surface area contributed by atoms with Crippen LogP contribution in [0, 0.1) is 12.7 Å². The minimum Gasteiger partial charge on any atom is -0.505 e. The quantitative estimate of drug-likeness (QED) is 0.906. The van der Waals surface area contributed by atoms with Gasteiger partial charge < -0.3 is 10.4 Å². The molecule has 2 rings (SSSR count). The van der Waals surface area contributed by atoms with Crippen LogP contribution in [0.15, 0.2) is 22.7 Å². The maximum Gasteiger partial charge on any atom is 0.165 e. The summed E-state index contributed by atoms with van der Waals surface area (Å²) >= 11 is 3.41. The number of anilines is 1. The van der Waals surface area contributed by atoms with E-state index in [-0.39, 0.29) is 5.75 Å². The van der Waals surface area contributed by atoms with Crippen LogP contribution in [0.25, 0.3) is 11.4 Å². The van der Waals surface area contributed by atoms with E-state index in [0.29, 0.717) is 17.2 Å². The summed E-state index contributed by atoms with van der Waals surface area (Å²) in [6, 6.07) is 4.09. The number of hydrogen-bond acceptors (Lipinski definition) is 4. The van der Waals surface area contributed by atoms with Crippen molar-refractivity contribution in [1.29, 1.82) is 0 Å². The third kappa shape index (κ3) is 2.84. The Kier molecular flexibility index (Phi) is 3.99. The zero-order chi connectivity index (χ0) is 14.0. The molecule has 0 aliphatic carbocycles. The van der Waals surface area contributed by atoms with Crippen molar-refractivity contribution >= 4 is 21.7 Å². The van der Waals surface area contributed by atoms with Crippen LogP contribution < -0.4 is 5.32 Å². The standard InChI is InChI=1S/C13H13BrFN3O/c1-3-16-13-11(14)7(2)17-12(18-13)8-4-5-10(19)9(15)6-8/h4-6,19H,3H2,1-2H3,(H,16,17,18). The number of phenols is 1. The fourth-order valence-electron chi connectivity index (χ4n) is 1.62. The van der Waals surface area contributed by atoms with Crippen molar-refractivity contribution in [2.75, 3.05) is 11.9 Å². The van der Waals surface area contributed by atoms with Crippen molar-refractivity contribution in [2.45, 2.75) is 13.8 Å². The molecule has 6 heteroatoms. The van der Waals surface area contributed by atoms with Crippen molar-refractivity contribution in [3.8, 4) is 17.1 Å². The van der Waals surface area contributed by atoms with Gasteiger partial charge >= 0.3 is 0 Å². The number of benzene rings is 1. The molecule has 19 heavy (non-hydrogen) atoms. The summed E-state index contributed by atoms with van der Waals surface area (Å²) in [6.45, 7) is 4.52. The molecule has 0 aliphatic heterocycles. The molecule has 0 saturated carbocycles. The number of aromatic hydroxyl groups is 1. The average molecular weight is 326 g/mol. The highest BCUT2D eigenvalue weighted by atomic mass is 79.9. The molecule has 0 atom stereocenters. The second kappa shape index (κ2) is 5.52. The highest BCUT2D eigenvalue weighted by Gasteiger charge is 2.12. The van der Waals surface area contributed by atoms with Gasteiger partial charge in [-0.15, -0.1) is 0 Å². The number of halogens is 2. The first-order chi connectivity index (χ1) is 9.02. The normalized spacial score (nSPS) is 10.5. The lowest BCUT2D eigenvalue weighted by atomic mass is 10.2. The summed E-state index contributed by atoms with van der Waals surface area (Å²) in [5.74, 6) is 0.00481. The lowest BCUT2D eigenvalue weighted by Gasteiger charge is -2.10. The minimum atomic E-state index is -0.688. The van der Waals surface area contributed by atoms with E-state index in [4.69, 9.17) is 0 Å². The van der Waals surface area contributed by atoms with Gasteiger partial charge in [0.25, 0.3) is 0 Å². The van der Waals surface area contributed by atoms with E-state index in [1.807, 2.05) is 13.8 Å². The summed E-state index contributed by atoms with van der Waals surface area (Å²) in [5, 5.41) is 12.3. The second-order valence-electron chi connectivity index (χ2n) is 3.99. The van der Waals surface area contributed by atoms with Crippen LogP contribution >= 0.6 is 15.9 Å². The Morgan fingerprint density at radius 3 is 2.74 bits per heavy atom. The van der Waals surface area contributed by atoms with E-state index in [9.17, 15) is 9.50 Å². The van der Waals surface area contributed by atoms with Gasteiger partial charge in [-0.1, -0.05) is 0 Å². The van der Waals surface area contributed by atoms with Crippen LogP contribution in [0.5, 0.6) is 5.75 Å². The van der Waals surface area contributed by atoms with Crippen LogP contribution in [0.4, 0.5) is 10.2 Å². The van der Waals surface area contributed by atoms with E-state index >= 15 is 0 Å². The predicted molar refractivity (Wildman–Crippen MR) is 75.7 cm³/mol. The molecule has 0 radical (unpaired) electrons. The summed E-state index contributed by atoms with van der Waals surface area (Å²) in [5.41, 5.74) is 1.28. The minimum absolute atomic E-state index is 0.385. The Balaban J connectivity index is 2.52. The van der Waals surface area contributed by atoms with Crippen LogP contribution in [0.1, 0.15) is 12.6 Å². The molecule has 0 spiro atoms. The number of aryl methyl sites for hydroxylation is 1. The van der Waals surface area contributed by atoms with E-state index in [1.54, 1.807) is 6.07 Å². The summed E-state index contributed by atoms with van der Waals surface area (Å²) in [4.78, 5) is 8.66. The number of rotatable bonds is 3. The third-order valence-electron chi connectivity index (χ3n) is 2.57. The van der Waals surface area contributed by atoms with E-state index in [2.05, 4.69) is 31.2 Å². The first-order valence-electron chi connectivity index (χ1n) is 5.79. The maximum atomic E-state index is 13.4. The fourth-order valence-corrected chi connectivity index (χ4v) is 1.94. The number of aromatic nitrogens is 2. The van der Waals surface area contributed by atoms with E-state index in [0.717, 1.165) is 16.7 Å². The Labute approximate surface area is 118 Å². The molecule has 0 bridgehead atoms. The Bertz CT molecular complexity index is 619. The fraction of sp³-hybridized carbons (Fsp3) is 0.231. The smallest absolute Gasteiger partial charge is 0.165 e. The van der Waals surface area contributed by atoms with Crippen LogP contribution in [-0.4, -0.2) is 21.6 Å². The van der Waals surface area contributed by atoms with Crippen molar-refractivity contribution in [3.63, 3.8) is 0 Å². The van der Waals surface area contributed by atoms with Gasteiger partial charge in [-0.2, -0.15) is 0 Å². The van der Waals surface area contributed by atoms with Crippen LogP contribution in [0.2, 0.25) is 0 Å². The summed E-state index contributed by atoms with van der Waals surface area (Å²) < 4.78 is 14.2. The maximum absolute atomic E-state index is 13.4. The monoisotopic (exact) mass is 325 g/mol. The Morgan fingerprint density at radius 1 is 1.37 bits per heavy atom. The van der Waals surface area contributed by atoms with Crippen molar-refractivity contribution in [3.05, 3.63) is 34.2 Å². The third-order valence-corrected chi connectivity index (χ3v) is 3.52.